The molecule has 0 saturated heterocycles. The van der Waals surface area contributed by atoms with Gasteiger partial charge in [0.05, 0.1) is 22.4 Å². The number of thiophene rings is 1. The molecule has 0 spiro atoms. The lowest BCUT2D eigenvalue weighted by Gasteiger charge is -2.22. The highest BCUT2D eigenvalue weighted by molar-refractivity contribution is 7.25. The van der Waals surface area contributed by atoms with E-state index in [0.29, 0.717) is 0 Å². The molecule has 3 heterocycles. The van der Waals surface area contributed by atoms with Crippen molar-refractivity contribution in [3.05, 3.63) is 151 Å². The Morgan fingerprint density at radius 3 is 2.12 bits per heavy atom. The molecule has 0 radical (unpaired) electrons. The van der Waals surface area contributed by atoms with Crippen LogP contribution in [0.3, 0.4) is 0 Å². The SMILES string of the molecule is CC1(C)c2ccccc2-c2nc(-c3ccc4c(c3)sc3ccccc34)c(-n3c4cc5ccccc5cc4c4c5ccccc5ccc43)nc21. The van der Waals surface area contributed by atoms with Crippen LogP contribution in [0.5, 0.6) is 0 Å². The van der Waals surface area contributed by atoms with Crippen molar-refractivity contribution in [1.29, 1.82) is 0 Å². The molecule has 10 aromatic rings. The topological polar surface area (TPSA) is 30.7 Å². The zero-order chi connectivity index (χ0) is 32.4. The van der Waals surface area contributed by atoms with Crippen LogP contribution < -0.4 is 0 Å². The molecular formula is C45H29N3S. The molecule has 7 aromatic carbocycles. The lowest BCUT2D eigenvalue weighted by atomic mass is 9.85. The summed E-state index contributed by atoms with van der Waals surface area (Å²) in [6, 6.07) is 50.8. The van der Waals surface area contributed by atoms with Crippen LogP contribution in [0.4, 0.5) is 0 Å². The van der Waals surface area contributed by atoms with Crippen LogP contribution in [0.25, 0.3) is 91.9 Å². The number of nitrogens with zero attached hydrogens (tertiary/aromatic N) is 3. The van der Waals surface area contributed by atoms with Crippen molar-refractivity contribution in [2.75, 3.05) is 0 Å². The Kier molecular flexibility index (Phi) is 5.33. The molecule has 0 bridgehead atoms. The predicted octanol–water partition coefficient (Wildman–Crippen LogP) is 12.2. The normalized spacial score (nSPS) is 13.7. The van der Waals surface area contributed by atoms with Gasteiger partial charge in [-0.25, -0.2) is 9.97 Å². The minimum atomic E-state index is -0.292. The summed E-state index contributed by atoms with van der Waals surface area (Å²) in [4.78, 5) is 11.4. The van der Waals surface area contributed by atoms with Gasteiger partial charge in [-0.3, -0.25) is 4.57 Å². The molecule has 230 valence electrons. The third kappa shape index (κ3) is 3.67. The molecule has 0 atom stereocenters. The first kappa shape index (κ1) is 27.1. The van der Waals surface area contributed by atoms with Crippen molar-refractivity contribution >= 4 is 74.9 Å². The van der Waals surface area contributed by atoms with Crippen molar-refractivity contribution in [2.45, 2.75) is 19.3 Å². The second kappa shape index (κ2) is 9.62. The first-order valence-electron chi connectivity index (χ1n) is 16.8. The van der Waals surface area contributed by atoms with Gasteiger partial charge in [0.1, 0.15) is 5.69 Å². The van der Waals surface area contributed by atoms with E-state index >= 15 is 0 Å². The predicted molar refractivity (Wildman–Crippen MR) is 207 cm³/mol. The smallest absolute Gasteiger partial charge is 0.164 e. The third-order valence-electron chi connectivity index (χ3n) is 10.7. The monoisotopic (exact) mass is 643 g/mol. The summed E-state index contributed by atoms with van der Waals surface area (Å²) in [6.07, 6.45) is 0. The summed E-state index contributed by atoms with van der Waals surface area (Å²) in [5.41, 5.74) is 8.39. The highest BCUT2D eigenvalue weighted by Crippen LogP contribution is 2.49. The second-order valence-electron chi connectivity index (χ2n) is 13.8. The largest absolute Gasteiger partial charge is 0.292 e. The van der Waals surface area contributed by atoms with Gasteiger partial charge < -0.3 is 0 Å². The van der Waals surface area contributed by atoms with Gasteiger partial charge in [-0.2, -0.15) is 0 Å². The highest BCUT2D eigenvalue weighted by atomic mass is 32.1. The van der Waals surface area contributed by atoms with E-state index in [1.807, 2.05) is 11.3 Å². The molecule has 0 aliphatic heterocycles. The molecule has 3 nitrogen and oxygen atoms in total. The van der Waals surface area contributed by atoms with E-state index in [0.717, 1.165) is 39.5 Å². The Balaban J connectivity index is 1.31. The van der Waals surface area contributed by atoms with Crippen molar-refractivity contribution in [1.82, 2.24) is 14.5 Å². The highest BCUT2D eigenvalue weighted by Gasteiger charge is 2.39. The Labute approximate surface area is 286 Å². The zero-order valence-corrected chi connectivity index (χ0v) is 27.8. The van der Waals surface area contributed by atoms with Gasteiger partial charge in [-0.15, -0.1) is 11.3 Å². The Morgan fingerprint density at radius 1 is 0.531 bits per heavy atom. The van der Waals surface area contributed by atoms with Gasteiger partial charge in [0, 0.05) is 47.5 Å². The third-order valence-corrected chi connectivity index (χ3v) is 11.8. The van der Waals surface area contributed by atoms with Crippen LogP contribution in [0, 0.1) is 0 Å². The van der Waals surface area contributed by atoms with Crippen molar-refractivity contribution in [2.24, 2.45) is 0 Å². The molecule has 0 unspecified atom stereocenters. The van der Waals surface area contributed by atoms with Crippen LogP contribution >= 0.6 is 11.3 Å². The standard InChI is InChI=1S/C45H29N3S/c1-45(2)35-17-9-7-16-33(35)42-43(45)47-44(41(46-42)29-19-21-32-31-15-8-10-18-38(31)49-39(32)25-29)48-36-22-20-26-11-5-6-14-30(26)40(36)34-23-27-12-3-4-13-28(27)24-37(34)48/h3-25H,1-2H3. The Morgan fingerprint density at radius 2 is 1.24 bits per heavy atom. The van der Waals surface area contributed by atoms with E-state index in [4.69, 9.17) is 9.97 Å². The van der Waals surface area contributed by atoms with Gasteiger partial charge in [-0.05, 0) is 57.4 Å². The second-order valence-corrected chi connectivity index (χ2v) is 14.9. The summed E-state index contributed by atoms with van der Waals surface area (Å²) in [7, 11) is 0. The molecular weight excluding hydrogens is 615 g/mol. The lowest BCUT2D eigenvalue weighted by Crippen LogP contribution is -2.18. The average molecular weight is 644 g/mol. The van der Waals surface area contributed by atoms with Gasteiger partial charge in [-0.1, -0.05) is 123 Å². The van der Waals surface area contributed by atoms with E-state index in [1.54, 1.807) is 0 Å². The maximum atomic E-state index is 5.73. The van der Waals surface area contributed by atoms with E-state index < -0.39 is 0 Å². The van der Waals surface area contributed by atoms with Gasteiger partial charge in [0.25, 0.3) is 0 Å². The molecule has 1 aliphatic carbocycles. The summed E-state index contributed by atoms with van der Waals surface area (Å²) >= 11 is 1.84. The van der Waals surface area contributed by atoms with Gasteiger partial charge >= 0.3 is 0 Å². The van der Waals surface area contributed by atoms with Crippen LogP contribution in [-0.2, 0) is 5.41 Å². The molecule has 0 N–H and O–H groups in total. The van der Waals surface area contributed by atoms with Crippen molar-refractivity contribution in [3.8, 4) is 28.3 Å². The fourth-order valence-corrected chi connectivity index (χ4v) is 9.48. The van der Waals surface area contributed by atoms with Crippen LogP contribution in [0.15, 0.2) is 140 Å². The summed E-state index contributed by atoms with van der Waals surface area (Å²) in [5, 5.41) is 9.96. The van der Waals surface area contributed by atoms with E-state index in [9.17, 15) is 0 Å². The van der Waals surface area contributed by atoms with Crippen LogP contribution in [-0.4, -0.2) is 14.5 Å². The molecule has 1 aliphatic rings. The first-order valence-corrected chi connectivity index (χ1v) is 17.7. The fraction of sp³-hybridized carbons (Fsp3) is 0.0667. The number of aromatic nitrogens is 3. The molecule has 0 fully saturated rings. The van der Waals surface area contributed by atoms with E-state index in [-0.39, 0.29) is 5.41 Å². The Bertz CT molecular complexity index is 3030. The van der Waals surface area contributed by atoms with Crippen molar-refractivity contribution < 1.29 is 0 Å². The number of fused-ring (bicyclic) bond motifs is 12. The summed E-state index contributed by atoms with van der Waals surface area (Å²) in [5.74, 6) is 0.866. The maximum absolute atomic E-state index is 5.73. The van der Waals surface area contributed by atoms with Crippen LogP contribution in [0.1, 0.15) is 25.1 Å². The molecule has 49 heavy (non-hydrogen) atoms. The van der Waals surface area contributed by atoms with Gasteiger partial charge in [0.15, 0.2) is 5.82 Å². The van der Waals surface area contributed by atoms with Crippen LogP contribution in [0.2, 0.25) is 0 Å². The average Bonchev–Trinajstić information content (AvgIpc) is 3.75. The number of hydrogen-bond donors (Lipinski definition) is 0. The van der Waals surface area contributed by atoms with E-state index in [1.165, 1.54) is 63.6 Å². The van der Waals surface area contributed by atoms with E-state index in [2.05, 4.69) is 158 Å². The molecule has 11 rings (SSSR count). The molecule has 3 aromatic heterocycles. The number of rotatable bonds is 2. The summed E-state index contributed by atoms with van der Waals surface area (Å²) in [6.45, 7) is 4.57. The molecule has 0 amide bonds. The molecule has 0 saturated carbocycles. The maximum Gasteiger partial charge on any atom is 0.164 e. The first-order chi connectivity index (χ1) is 24.0. The number of benzene rings is 7. The Hall–Kier alpha value is -5.84. The minimum absolute atomic E-state index is 0.292. The zero-order valence-electron chi connectivity index (χ0n) is 27.0. The molecule has 4 heteroatoms. The lowest BCUT2D eigenvalue weighted by molar-refractivity contribution is 0.633. The minimum Gasteiger partial charge on any atom is -0.292 e. The number of hydrogen-bond acceptors (Lipinski definition) is 3. The summed E-state index contributed by atoms with van der Waals surface area (Å²) < 4.78 is 4.94. The van der Waals surface area contributed by atoms with Crippen molar-refractivity contribution in [3.63, 3.8) is 0 Å². The fourth-order valence-electron chi connectivity index (χ4n) is 8.34. The van der Waals surface area contributed by atoms with Gasteiger partial charge in [0.2, 0.25) is 0 Å². The quantitative estimate of drug-likeness (QED) is 0.188.